The van der Waals surface area contributed by atoms with E-state index >= 15 is 0 Å². The molecule has 3 aromatic rings. The SMILES string of the molecule is O=C(Nc1ccc(CBr)cc1)c1cc2ccccc2s1. The summed E-state index contributed by atoms with van der Waals surface area (Å²) in [5.41, 5.74) is 2.00. The van der Waals surface area contributed by atoms with Gasteiger partial charge in [0.1, 0.15) is 0 Å². The minimum absolute atomic E-state index is 0.0576. The summed E-state index contributed by atoms with van der Waals surface area (Å²) in [6.07, 6.45) is 0. The van der Waals surface area contributed by atoms with Gasteiger partial charge in [0.2, 0.25) is 0 Å². The molecule has 1 aromatic heterocycles. The van der Waals surface area contributed by atoms with Gasteiger partial charge < -0.3 is 5.32 Å². The maximum atomic E-state index is 12.2. The molecule has 20 heavy (non-hydrogen) atoms. The van der Waals surface area contributed by atoms with Crippen LogP contribution in [0.1, 0.15) is 15.2 Å². The van der Waals surface area contributed by atoms with Crippen molar-refractivity contribution in [2.24, 2.45) is 0 Å². The van der Waals surface area contributed by atoms with Gasteiger partial charge in [0.15, 0.2) is 0 Å². The zero-order chi connectivity index (χ0) is 13.9. The van der Waals surface area contributed by atoms with Crippen molar-refractivity contribution >= 4 is 48.9 Å². The van der Waals surface area contributed by atoms with Gasteiger partial charge >= 0.3 is 0 Å². The third kappa shape index (κ3) is 2.76. The van der Waals surface area contributed by atoms with Crippen molar-refractivity contribution in [1.82, 2.24) is 0 Å². The first kappa shape index (κ1) is 13.3. The summed E-state index contributed by atoms with van der Waals surface area (Å²) in [6, 6.07) is 17.8. The Labute approximate surface area is 129 Å². The molecular weight excluding hydrogens is 334 g/mol. The molecule has 0 saturated carbocycles. The lowest BCUT2D eigenvalue weighted by molar-refractivity contribution is 0.103. The van der Waals surface area contributed by atoms with Crippen molar-refractivity contribution in [1.29, 1.82) is 0 Å². The van der Waals surface area contributed by atoms with Gasteiger partial charge in [-0.25, -0.2) is 0 Å². The molecule has 0 radical (unpaired) electrons. The average molecular weight is 346 g/mol. The predicted molar refractivity (Wildman–Crippen MR) is 88.9 cm³/mol. The number of hydrogen-bond acceptors (Lipinski definition) is 2. The molecule has 100 valence electrons. The van der Waals surface area contributed by atoms with E-state index < -0.39 is 0 Å². The van der Waals surface area contributed by atoms with Crippen LogP contribution < -0.4 is 5.32 Å². The topological polar surface area (TPSA) is 29.1 Å². The summed E-state index contributed by atoms with van der Waals surface area (Å²) in [5, 5.41) is 4.85. The van der Waals surface area contributed by atoms with E-state index in [1.54, 1.807) is 0 Å². The lowest BCUT2D eigenvalue weighted by atomic mass is 10.2. The number of benzene rings is 2. The fourth-order valence-electron chi connectivity index (χ4n) is 1.96. The second-order valence-corrected chi connectivity index (χ2v) is 6.08. The third-order valence-electron chi connectivity index (χ3n) is 3.02. The number of carbonyl (C=O) groups is 1. The zero-order valence-electron chi connectivity index (χ0n) is 10.6. The largest absolute Gasteiger partial charge is 0.321 e. The second kappa shape index (κ2) is 5.77. The Balaban J connectivity index is 1.81. The summed E-state index contributed by atoms with van der Waals surface area (Å²) in [7, 11) is 0. The van der Waals surface area contributed by atoms with E-state index in [-0.39, 0.29) is 5.91 Å². The summed E-state index contributed by atoms with van der Waals surface area (Å²) >= 11 is 4.92. The molecule has 0 bridgehead atoms. The van der Waals surface area contributed by atoms with Gasteiger partial charge in [-0.1, -0.05) is 46.3 Å². The quantitative estimate of drug-likeness (QED) is 0.661. The van der Waals surface area contributed by atoms with Crippen molar-refractivity contribution in [3.63, 3.8) is 0 Å². The van der Waals surface area contributed by atoms with E-state index in [2.05, 4.69) is 21.2 Å². The summed E-state index contributed by atoms with van der Waals surface area (Å²) in [5.74, 6) is -0.0576. The van der Waals surface area contributed by atoms with Gasteiger partial charge in [0.05, 0.1) is 4.88 Å². The Morgan fingerprint density at radius 2 is 1.85 bits per heavy atom. The molecule has 4 heteroatoms. The Morgan fingerprint density at radius 1 is 1.10 bits per heavy atom. The van der Waals surface area contributed by atoms with Crippen LogP contribution in [0.3, 0.4) is 0 Å². The minimum Gasteiger partial charge on any atom is -0.321 e. The fourth-order valence-corrected chi connectivity index (χ4v) is 3.30. The minimum atomic E-state index is -0.0576. The molecule has 0 saturated heterocycles. The van der Waals surface area contributed by atoms with E-state index in [1.165, 1.54) is 16.9 Å². The molecule has 3 rings (SSSR count). The van der Waals surface area contributed by atoms with Crippen LogP contribution in [-0.4, -0.2) is 5.91 Å². The monoisotopic (exact) mass is 345 g/mol. The van der Waals surface area contributed by atoms with Crippen molar-refractivity contribution in [2.45, 2.75) is 5.33 Å². The number of alkyl halides is 1. The van der Waals surface area contributed by atoms with Crippen LogP contribution in [0.5, 0.6) is 0 Å². The zero-order valence-corrected chi connectivity index (χ0v) is 13.0. The number of halogens is 1. The van der Waals surface area contributed by atoms with E-state index in [4.69, 9.17) is 0 Å². The van der Waals surface area contributed by atoms with E-state index in [0.717, 1.165) is 26.0 Å². The summed E-state index contributed by atoms with van der Waals surface area (Å²) in [4.78, 5) is 13.0. The highest BCUT2D eigenvalue weighted by molar-refractivity contribution is 9.08. The molecule has 0 atom stereocenters. The highest BCUT2D eigenvalue weighted by Gasteiger charge is 2.10. The van der Waals surface area contributed by atoms with Gasteiger partial charge in [0, 0.05) is 15.7 Å². The van der Waals surface area contributed by atoms with Crippen LogP contribution in [0.25, 0.3) is 10.1 Å². The lowest BCUT2D eigenvalue weighted by Gasteiger charge is -2.04. The van der Waals surface area contributed by atoms with Crippen molar-refractivity contribution < 1.29 is 4.79 Å². The van der Waals surface area contributed by atoms with Gasteiger partial charge in [-0.2, -0.15) is 0 Å². The van der Waals surface area contributed by atoms with Crippen molar-refractivity contribution in [3.05, 3.63) is 65.0 Å². The molecule has 2 nitrogen and oxygen atoms in total. The average Bonchev–Trinajstić information content (AvgIpc) is 2.92. The summed E-state index contributed by atoms with van der Waals surface area (Å²) < 4.78 is 1.13. The number of fused-ring (bicyclic) bond motifs is 1. The first-order valence-corrected chi connectivity index (χ1v) is 8.15. The predicted octanol–water partition coefficient (Wildman–Crippen LogP) is 5.05. The first-order valence-electron chi connectivity index (χ1n) is 6.21. The molecule has 0 aliphatic carbocycles. The van der Waals surface area contributed by atoms with Crippen LogP contribution in [0.15, 0.2) is 54.6 Å². The molecule has 2 aromatic carbocycles. The van der Waals surface area contributed by atoms with Crippen LogP contribution in [0.2, 0.25) is 0 Å². The number of thiophene rings is 1. The Morgan fingerprint density at radius 3 is 2.55 bits per heavy atom. The van der Waals surface area contributed by atoms with Gasteiger partial charge in [-0.3, -0.25) is 4.79 Å². The Bertz CT molecular complexity index is 716. The number of anilines is 1. The van der Waals surface area contributed by atoms with Crippen LogP contribution in [0.4, 0.5) is 5.69 Å². The van der Waals surface area contributed by atoms with Gasteiger partial charge in [-0.05, 0) is 35.2 Å². The number of hydrogen-bond donors (Lipinski definition) is 1. The molecule has 1 heterocycles. The van der Waals surface area contributed by atoms with Crippen molar-refractivity contribution in [2.75, 3.05) is 5.32 Å². The molecule has 0 aliphatic rings. The van der Waals surface area contributed by atoms with E-state index in [1.807, 2.05) is 54.6 Å². The molecule has 1 amide bonds. The standard InChI is InChI=1S/C16H12BrNOS/c17-10-11-5-7-13(8-6-11)18-16(19)15-9-12-3-1-2-4-14(12)20-15/h1-9H,10H2,(H,18,19). The third-order valence-corrected chi connectivity index (χ3v) is 4.78. The summed E-state index contributed by atoms with van der Waals surface area (Å²) in [6.45, 7) is 0. The molecular formula is C16H12BrNOS. The lowest BCUT2D eigenvalue weighted by Crippen LogP contribution is -2.09. The first-order chi connectivity index (χ1) is 9.76. The van der Waals surface area contributed by atoms with Gasteiger partial charge in [-0.15, -0.1) is 11.3 Å². The molecule has 0 spiro atoms. The van der Waals surface area contributed by atoms with E-state index in [0.29, 0.717) is 0 Å². The van der Waals surface area contributed by atoms with Gasteiger partial charge in [0.25, 0.3) is 5.91 Å². The number of nitrogens with one attached hydrogen (secondary N) is 1. The number of amides is 1. The maximum Gasteiger partial charge on any atom is 0.265 e. The molecule has 0 unspecified atom stereocenters. The normalized spacial score (nSPS) is 10.7. The fraction of sp³-hybridized carbons (Fsp3) is 0.0625. The highest BCUT2D eigenvalue weighted by Crippen LogP contribution is 2.26. The number of carbonyl (C=O) groups excluding carboxylic acids is 1. The van der Waals surface area contributed by atoms with Crippen LogP contribution in [-0.2, 0) is 5.33 Å². The molecule has 1 N–H and O–H groups in total. The van der Waals surface area contributed by atoms with Crippen LogP contribution >= 0.6 is 27.3 Å². The maximum absolute atomic E-state index is 12.2. The molecule has 0 aliphatic heterocycles. The molecule has 0 fully saturated rings. The highest BCUT2D eigenvalue weighted by atomic mass is 79.9. The van der Waals surface area contributed by atoms with Crippen molar-refractivity contribution in [3.8, 4) is 0 Å². The Kier molecular flexibility index (Phi) is 3.85. The number of rotatable bonds is 3. The van der Waals surface area contributed by atoms with Crippen LogP contribution in [0, 0.1) is 0 Å². The smallest absolute Gasteiger partial charge is 0.265 e. The van der Waals surface area contributed by atoms with E-state index in [9.17, 15) is 4.79 Å². The second-order valence-electron chi connectivity index (χ2n) is 4.43. The Hall–Kier alpha value is -1.65.